The number of benzene rings is 1. The summed E-state index contributed by atoms with van der Waals surface area (Å²) in [4.78, 5) is 16.7. The minimum Gasteiger partial charge on any atom is -0.371 e. The van der Waals surface area contributed by atoms with Crippen molar-refractivity contribution in [2.75, 3.05) is 37.6 Å². The third kappa shape index (κ3) is 4.15. The molecule has 2 amide bonds. The van der Waals surface area contributed by atoms with Gasteiger partial charge in [0.25, 0.3) is 0 Å². The molecule has 0 spiro atoms. The van der Waals surface area contributed by atoms with Crippen LogP contribution in [0.4, 0.5) is 10.5 Å². The fourth-order valence-corrected chi connectivity index (χ4v) is 3.86. The Kier molecular flexibility index (Phi) is 5.54. The molecular weight excluding hydrogens is 322 g/mol. The number of carbonyl (C=O) groups is 1. The number of nitrogens with one attached hydrogen (secondary N) is 1. The summed E-state index contributed by atoms with van der Waals surface area (Å²) >= 11 is 6.14. The normalized spacial score (nSPS) is 22.0. The van der Waals surface area contributed by atoms with E-state index in [1.54, 1.807) is 0 Å². The van der Waals surface area contributed by atoms with E-state index in [0.717, 1.165) is 62.9 Å². The molecule has 0 aliphatic carbocycles. The monoisotopic (exact) mass is 349 g/mol. The van der Waals surface area contributed by atoms with E-state index < -0.39 is 0 Å². The first kappa shape index (κ1) is 17.4. The fraction of sp³-hybridized carbons (Fsp3) is 0.632. The van der Waals surface area contributed by atoms with Crippen LogP contribution >= 0.6 is 11.6 Å². The van der Waals surface area contributed by atoms with Gasteiger partial charge in [0.1, 0.15) is 0 Å². The maximum absolute atomic E-state index is 12.3. The zero-order valence-electron chi connectivity index (χ0n) is 14.7. The number of carbonyl (C=O) groups excluding carboxylic acids is 1. The summed E-state index contributed by atoms with van der Waals surface area (Å²) in [5.74, 6) is 1.26. The highest BCUT2D eigenvalue weighted by Crippen LogP contribution is 2.29. The van der Waals surface area contributed by atoms with Gasteiger partial charge in [-0.1, -0.05) is 24.6 Å². The van der Waals surface area contributed by atoms with Crippen LogP contribution in [0.3, 0.4) is 0 Å². The number of anilines is 1. The second kappa shape index (κ2) is 7.64. The zero-order valence-corrected chi connectivity index (χ0v) is 15.5. The summed E-state index contributed by atoms with van der Waals surface area (Å²) in [5, 5.41) is 3.93. The molecule has 0 saturated carbocycles. The van der Waals surface area contributed by atoms with Crippen molar-refractivity contribution in [2.45, 2.75) is 33.1 Å². The summed E-state index contributed by atoms with van der Waals surface area (Å²) in [6.07, 6.45) is 3.36. The molecule has 2 aliphatic heterocycles. The van der Waals surface area contributed by atoms with E-state index in [1.165, 1.54) is 11.3 Å². The molecule has 2 fully saturated rings. The average Bonchev–Trinajstić information content (AvgIpc) is 3.04. The lowest BCUT2D eigenvalue weighted by Crippen LogP contribution is -2.45. The minimum atomic E-state index is 0.110. The molecule has 2 heterocycles. The van der Waals surface area contributed by atoms with Gasteiger partial charge in [0.05, 0.1) is 0 Å². The van der Waals surface area contributed by atoms with Gasteiger partial charge in [-0.05, 0) is 55.7 Å². The number of likely N-dealkylation sites (tertiary alicyclic amines) is 1. The Bertz CT molecular complexity index is 584. The smallest absolute Gasteiger partial charge is 0.317 e. The fourth-order valence-electron chi connectivity index (χ4n) is 3.70. The maximum Gasteiger partial charge on any atom is 0.317 e. The number of aryl methyl sites for hydroxylation is 1. The zero-order chi connectivity index (χ0) is 17.1. The Morgan fingerprint density at radius 2 is 2.00 bits per heavy atom. The Labute approximate surface area is 150 Å². The van der Waals surface area contributed by atoms with Gasteiger partial charge in [0.15, 0.2) is 0 Å². The number of halogens is 1. The molecule has 24 heavy (non-hydrogen) atoms. The van der Waals surface area contributed by atoms with Gasteiger partial charge < -0.3 is 15.1 Å². The van der Waals surface area contributed by atoms with E-state index >= 15 is 0 Å². The number of hydrogen-bond donors (Lipinski definition) is 1. The van der Waals surface area contributed by atoms with Gasteiger partial charge >= 0.3 is 6.03 Å². The molecule has 0 bridgehead atoms. The summed E-state index contributed by atoms with van der Waals surface area (Å²) in [6.45, 7) is 8.96. The SMILES string of the molecule is Cc1ccc(Cl)cc1N1CCC(CNC(=O)N2CCC(C)CC2)C1. The quantitative estimate of drug-likeness (QED) is 0.897. The van der Waals surface area contributed by atoms with Crippen LogP contribution in [0.25, 0.3) is 0 Å². The van der Waals surface area contributed by atoms with E-state index in [1.807, 2.05) is 17.0 Å². The number of piperidine rings is 1. The lowest BCUT2D eigenvalue weighted by atomic mass is 10.00. The molecule has 0 aromatic heterocycles. The number of urea groups is 1. The van der Waals surface area contributed by atoms with E-state index in [0.29, 0.717) is 5.92 Å². The molecular formula is C19H28ClN3O. The van der Waals surface area contributed by atoms with Crippen LogP contribution in [-0.2, 0) is 0 Å². The molecule has 5 heteroatoms. The van der Waals surface area contributed by atoms with Crippen molar-refractivity contribution in [2.24, 2.45) is 11.8 Å². The minimum absolute atomic E-state index is 0.110. The van der Waals surface area contributed by atoms with Crippen LogP contribution < -0.4 is 10.2 Å². The van der Waals surface area contributed by atoms with Crippen molar-refractivity contribution in [1.82, 2.24) is 10.2 Å². The van der Waals surface area contributed by atoms with E-state index in [-0.39, 0.29) is 6.03 Å². The Morgan fingerprint density at radius 3 is 2.75 bits per heavy atom. The van der Waals surface area contributed by atoms with Gasteiger partial charge in [-0.3, -0.25) is 0 Å². The predicted octanol–water partition coefficient (Wildman–Crippen LogP) is 3.92. The van der Waals surface area contributed by atoms with Crippen molar-refractivity contribution < 1.29 is 4.79 Å². The molecule has 2 aliphatic rings. The van der Waals surface area contributed by atoms with Crippen molar-refractivity contribution >= 4 is 23.3 Å². The molecule has 132 valence electrons. The lowest BCUT2D eigenvalue weighted by Gasteiger charge is -2.30. The van der Waals surface area contributed by atoms with Gasteiger partial charge in [0, 0.05) is 43.4 Å². The highest BCUT2D eigenvalue weighted by Gasteiger charge is 2.26. The van der Waals surface area contributed by atoms with Crippen molar-refractivity contribution in [1.29, 1.82) is 0 Å². The van der Waals surface area contributed by atoms with Gasteiger partial charge in [-0.15, -0.1) is 0 Å². The van der Waals surface area contributed by atoms with Crippen LogP contribution in [0, 0.1) is 18.8 Å². The van der Waals surface area contributed by atoms with Crippen molar-refractivity contribution in [3.05, 3.63) is 28.8 Å². The third-order valence-electron chi connectivity index (χ3n) is 5.41. The predicted molar refractivity (Wildman–Crippen MR) is 99.9 cm³/mol. The Morgan fingerprint density at radius 1 is 1.25 bits per heavy atom. The van der Waals surface area contributed by atoms with Crippen LogP contribution in [-0.4, -0.2) is 43.7 Å². The standard InChI is InChI=1S/C19H28ClN3O/c1-14-5-8-22(9-6-14)19(24)21-12-16-7-10-23(13-16)18-11-17(20)4-3-15(18)2/h3-4,11,14,16H,5-10,12-13H2,1-2H3,(H,21,24). The van der Waals surface area contributed by atoms with Crippen molar-refractivity contribution in [3.63, 3.8) is 0 Å². The number of hydrogen-bond acceptors (Lipinski definition) is 2. The first-order valence-electron chi connectivity index (χ1n) is 9.07. The Hall–Kier alpha value is -1.42. The third-order valence-corrected chi connectivity index (χ3v) is 5.65. The molecule has 1 atom stereocenters. The number of nitrogens with zero attached hydrogens (tertiary/aromatic N) is 2. The first-order chi connectivity index (χ1) is 11.5. The topological polar surface area (TPSA) is 35.6 Å². The Balaban J connectivity index is 1.48. The van der Waals surface area contributed by atoms with Crippen LogP contribution in [0.15, 0.2) is 18.2 Å². The van der Waals surface area contributed by atoms with Gasteiger partial charge in [-0.2, -0.15) is 0 Å². The highest BCUT2D eigenvalue weighted by atomic mass is 35.5. The first-order valence-corrected chi connectivity index (χ1v) is 9.44. The number of amides is 2. The highest BCUT2D eigenvalue weighted by molar-refractivity contribution is 6.30. The van der Waals surface area contributed by atoms with Crippen LogP contribution in [0.5, 0.6) is 0 Å². The molecule has 1 unspecified atom stereocenters. The van der Waals surface area contributed by atoms with Crippen LogP contribution in [0.1, 0.15) is 31.7 Å². The number of rotatable bonds is 3. The average molecular weight is 350 g/mol. The van der Waals surface area contributed by atoms with Gasteiger partial charge in [-0.25, -0.2) is 4.79 Å². The summed E-state index contributed by atoms with van der Waals surface area (Å²) < 4.78 is 0. The van der Waals surface area contributed by atoms with Crippen molar-refractivity contribution in [3.8, 4) is 0 Å². The second-order valence-electron chi connectivity index (χ2n) is 7.39. The van der Waals surface area contributed by atoms with Crippen LogP contribution in [0.2, 0.25) is 5.02 Å². The molecule has 1 aromatic carbocycles. The van der Waals surface area contributed by atoms with E-state index in [4.69, 9.17) is 11.6 Å². The largest absolute Gasteiger partial charge is 0.371 e. The summed E-state index contributed by atoms with van der Waals surface area (Å²) in [6, 6.07) is 6.17. The molecule has 4 nitrogen and oxygen atoms in total. The summed E-state index contributed by atoms with van der Waals surface area (Å²) in [7, 11) is 0. The molecule has 1 aromatic rings. The molecule has 2 saturated heterocycles. The molecule has 1 N–H and O–H groups in total. The molecule has 0 radical (unpaired) electrons. The van der Waals surface area contributed by atoms with Gasteiger partial charge in [0.2, 0.25) is 0 Å². The van der Waals surface area contributed by atoms with E-state index in [2.05, 4.69) is 30.1 Å². The van der Waals surface area contributed by atoms with E-state index in [9.17, 15) is 4.79 Å². The molecule has 3 rings (SSSR count). The second-order valence-corrected chi connectivity index (χ2v) is 7.82. The maximum atomic E-state index is 12.3. The lowest BCUT2D eigenvalue weighted by molar-refractivity contribution is 0.173. The summed E-state index contributed by atoms with van der Waals surface area (Å²) in [5.41, 5.74) is 2.48.